The van der Waals surface area contributed by atoms with E-state index < -0.39 is 0 Å². The van der Waals surface area contributed by atoms with Gasteiger partial charge in [0.2, 0.25) is 5.91 Å². The van der Waals surface area contributed by atoms with Crippen LogP contribution in [-0.4, -0.2) is 40.8 Å². The van der Waals surface area contributed by atoms with Crippen molar-refractivity contribution in [2.24, 2.45) is 0 Å². The minimum absolute atomic E-state index is 0.0288. The van der Waals surface area contributed by atoms with E-state index in [0.29, 0.717) is 24.4 Å². The van der Waals surface area contributed by atoms with Gasteiger partial charge in [-0.3, -0.25) is 9.59 Å². The maximum atomic E-state index is 12.6. The Morgan fingerprint density at radius 2 is 2.00 bits per heavy atom. The van der Waals surface area contributed by atoms with Gasteiger partial charge in [-0.05, 0) is 19.3 Å². The van der Waals surface area contributed by atoms with E-state index in [9.17, 15) is 9.59 Å². The molecule has 134 valence electrons. The lowest BCUT2D eigenvalue weighted by molar-refractivity contribution is -0.122. The lowest BCUT2D eigenvalue weighted by Crippen LogP contribution is -2.46. The van der Waals surface area contributed by atoms with E-state index in [0.717, 1.165) is 30.7 Å². The molecule has 0 atom stereocenters. The highest BCUT2D eigenvalue weighted by atomic mass is 32.1. The second-order valence-electron chi connectivity index (χ2n) is 7.52. The Morgan fingerprint density at radius 3 is 2.54 bits per heavy atom. The number of hydrogen-bond donors (Lipinski definition) is 1. The van der Waals surface area contributed by atoms with Gasteiger partial charge in [-0.15, -0.1) is 11.3 Å². The van der Waals surface area contributed by atoms with Crippen molar-refractivity contribution in [2.75, 3.05) is 13.1 Å². The first-order valence-corrected chi connectivity index (χ1v) is 9.68. The van der Waals surface area contributed by atoms with Gasteiger partial charge in [0.15, 0.2) is 0 Å². The number of piperidine rings is 1. The first kappa shape index (κ1) is 18.9. The molecule has 1 N–H and O–H groups in total. The van der Waals surface area contributed by atoms with E-state index in [-0.39, 0.29) is 23.3 Å². The van der Waals surface area contributed by atoms with Gasteiger partial charge in [-0.2, -0.15) is 0 Å². The second kappa shape index (κ2) is 8.10. The molecule has 0 saturated carbocycles. The Morgan fingerprint density at radius 1 is 1.33 bits per heavy atom. The van der Waals surface area contributed by atoms with Crippen molar-refractivity contribution in [1.29, 1.82) is 0 Å². The largest absolute Gasteiger partial charge is 0.353 e. The molecule has 24 heavy (non-hydrogen) atoms. The molecule has 1 aliphatic heterocycles. The number of unbranched alkanes of at least 4 members (excludes halogenated alkanes) is 1. The monoisotopic (exact) mass is 351 g/mol. The van der Waals surface area contributed by atoms with Crippen LogP contribution in [0.4, 0.5) is 0 Å². The quantitative estimate of drug-likeness (QED) is 0.885. The molecule has 0 radical (unpaired) electrons. The standard InChI is InChI=1S/C18H29N3O2S/c1-5-6-7-15(22)20-13-8-10-21(11-9-13)16(23)14-12-19-17(24-14)18(2,3)4/h12-13H,5-11H2,1-4H3,(H,20,22). The van der Waals surface area contributed by atoms with E-state index in [2.05, 4.69) is 38.0 Å². The highest BCUT2D eigenvalue weighted by Crippen LogP contribution is 2.28. The molecule has 0 bridgehead atoms. The van der Waals surface area contributed by atoms with Crippen molar-refractivity contribution < 1.29 is 9.59 Å². The molecule has 5 nitrogen and oxygen atoms in total. The topological polar surface area (TPSA) is 62.3 Å². The highest BCUT2D eigenvalue weighted by molar-refractivity contribution is 7.13. The molecule has 0 aliphatic carbocycles. The minimum atomic E-state index is -0.0288. The van der Waals surface area contributed by atoms with Gasteiger partial charge < -0.3 is 10.2 Å². The maximum absolute atomic E-state index is 12.6. The van der Waals surface area contributed by atoms with E-state index >= 15 is 0 Å². The summed E-state index contributed by atoms with van der Waals surface area (Å²) in [4.78, 5) is 31.4. The summed E-state index contributed by atoms with van der Waals surface area (Å²) in [6, 6.07) is 0.199. The van der Waals surface area contributed by atoms with E-state index in [4.69, 9.17) is 0 Å². The van der Waals surface area contributed by atoms with Crippen molar-refractivity contribution in [2.45, 2.75) is 71.3 Å². The van der Waals surface area contributed by atoms with Crippen molar-refractivity contribution in [3.05, 3.63) is 16.1 Å². The minimum Gasteiger partial charge on any atom is -0.353 e. The third-order valence-corrected chi connectivity index (χ3v) is 5.67. The van der Waals surface area contributed by atoms with Crippen molar-refractivity contribution in [3.8, 4) is 0 Å². The number of thiazole rings is 1. The number of likely N-dealkylation sites (tertiary alicyclic amines) is 1. The van der Waals surface area contributed by atoms with Crippen LogP contribution in [0.1, 0.15) is 74.5 Å². The van der Waals surface area contributed by atoms with Gasteiger partial charge in [0, 0.05) is 31.0 Å². The SMILES string of the molecule is CCCCC(=O)NC1CCN(C(=O)c2cnc(C(C)(C)C)s2)CC1. The summed E-state index contributed by atoms with van der Waals surface area (Å²) in [5.74, 6) is 0.206. The Labute approximate surface area is 148 Å². The molecular formula is C18H29N3O2S. The fraction of sp³-hybridized carbons (Fsp3) is 0.722. The molecule has 2 amide bonds. The van der Waals surface area contributed by atoms with Crippen LogP contribution >= 0.6 is 11.3 Å². The van der Waals surface area contributed by atoms with Crippen molar-refractivity contribution in [1.82, 2.24) is 15.2 Å². The zero-order valence-corrected chi connectivity index (χ0v) is 16.0. The van der Waals surface area contributed by atoms with Gasteiger partial charge in [0.25, 0.3) is 5.91 Å². The molecule has 6 heteroatoms. The number of nitrogens with one attached hydrogen (secondary N) is 1. The van der Waals surface area contributed by atoms with Gasteiger partial charge in [0.1, 0.15) is 4.88 Å². The lowest BCUT2D eigenvalue weighted by atomic mass is 9.98. The fourth-order valence-electron chi connectivity index (χ4n) is 2.74. The molecule has 1 aromatic heterocycles. The van der Waals surface area contributed by atoms with E-state index in [1.807, 2.05) is 4.90 Å². The summed E-state index contributed by atoms with van der Waals surface area (Å²) in [6.07, 6.45) is 5.93. The van der Waals surface area contributed by atoms with Crippen LogP contribution in [-0.2, 0) is 10.2 Å². The van der Waals surface area contributed by atoms with Crippen LogP contribution < -0.4 is 5.32 Å². The summed E-state index contributed by atoms with van der Waals surface area (Å²) in [5.41, 5.74) is -0.0288. The average molecular weight is 352 g/mol. The average Bonchev–Trinajstić information content (AvgIpc) is 3.03. The van der Waals surface area contributed by atoms with Crippen LogP contribution in [0.2, 0.25) is 0 Å². The van der Waals surface area contributed by atoms with Crippen molar-refractivity contribution >= 4 is 23.2 Å². The number of aromatic nitrogens is 1. The molecular weight excluding hydrogens is 322 g/mol. The zero-order chi connectivity index (χ0) is 17.7. The van der Waals surface area contributed by atoms with Crippen LogP contribution in [0, 0.1) is 0 Å². The Balaban J connectivity index is 1.84. The molecule has 0 unspecified atom stereocenters. The van der Waals surface area contributed by atoms with Gasteiger partial charge in [-0.1, -0.05) is 34.1 Å². The summed E-state index contributed by atoms with van der Waals surface area (Å²) in [7, 11) is 0. The summed E-state index contributed by atoms with van der Waals surface area (Å²) in [6.45, 7) is 9.79. The molecule has 0 aromatic carbocycles. The van der Waals surface area contributed by atoms with Gasteiger partial charge >= 0.3 is 0 Å². The first-order chi connectivity index (χ1) is 11.3. The fourth-order valence-corrected chi connectivity index (χ4v) is 3.68. The predicted molar refractivity (Wildman–Crippen MR) is 97.4 cm³/mol. The Kier molecular flexibility index (Phi) is 6.38. The van der Waals surface area contributed by atoms with Crippen molar-refractivity contribution in [3.63, 3.8) is 0 Å². The third-order valence-electron chi connectivity index (χ3n) is 4.26. The summed E-state index contributed by atoms with van der Waals surface area (Å²) < 4.78 is 0. The second-order valence-corrected chi connectivity index (χ2v) is 8.55. The normalized spacial score (nSPS) is 16.2. The first-order valence-electron chi connectivity index (χ1n) is 8.86. The number of hydrogen-bond acceptors (Lipinski definition) is 4. The third kappa shape index (κ3) is 5.03. The maximum Gasteiger partial charge on any atom is 0.265 e. The summed E-state index contributed by atoms with van der Waals surface area (Å²) >= 11 is 1.49. The number of carbonyl (C=O) groups is 2. The lowest BCUT2D eigenvalue weighted by Gasteiger charge is -2.32. The summed E-state index contributed by atoms with van der Waals surface area (Å²) in [5, 5.41) is 4.08. The predicted octanol–water partition coefficient (Wildman–Crippen LogP) is 3.35. The molecule has 1 aromatic rings. The number of nitrogens with zero attached hydrogens (tertiary/aromatic N) is 2. The Bertz CT molecular complexity index is 569. The van der Waals surface area contributed by atoms with E-state index in [1.54, 1.807) is 6.20 Å². The number of rotatable bonds is 5. The molecule has 1 fully saturated rings. The van der Waals surface area contributed by atoms with Gasteiger partial charge in [-0.25, -0.2) is 4.98 Å². The molecule has 1 saturated heterocycles. The zero-order valence-electron chi connectivity index (χ0n) is 15.2. The van der Waals surface area contributed by atoms with Crippen LogP contribution in [0.5, 0.6) is 0 Å². The highest BCUT2D eigenvalue weighted by Gasteiger charge is 2.27. The molecule has 1 aliphatic rings. The molecule has 2 rings (SSSR count). The number of amides is 2. The smallest absolute Gasteiger partial charge is 0.265 e. The Hall–Kier alpha value is -1.43. The van der Waals surface area contributed by atoms with Crippen LogP contribution in [0.25, 0.3) is 0 Å². The molecule has 2 heterocycles. The number of carbonyl (C=O) groups excluding carboxylic acids is 2. The molecule has 0 spiro atoms. The van der Waals surface area contributed by atoms with Crippen LogP contribution in [0.15, 0.2) is 6.20 Å². The van der Waals surface area contributed by atoms with E-state index in [1.165, 1.54) is 11.3 Å². The van der Waals surface area contributed by atoms with Crippen LogP contribution in [0.3, 0.4) is 0 Å². The van der Waals surface area contributed by atoms with Gasteiger partial charge in [0.05, 0.1) is 11.2 Å².